The van der Waals surface area contributed by atoms with E-state index in [1.54, 1.807) is 0 Å². The molecule has 0 N–H and O–H groups in total. The van der Waals surface area contributed by atoms with Gasteiger partial charge < -0.3 is 7.43 Å². The van der Waals surface area contributed by atoms with Crippen LogP contribution in [0.2, 0.25) is 0 Å². The first-order valence-electron chi connectivity index (χ1n) is 0. The van der Waals surface area contributed by atoms with Gasteiger partial charge in [0.25, 0.3) is 0 Å². The third-order valence-corrected chi connectivity index (χ3v) is 0. The Morgan fingerprint density at radius 1 is 0.0571 bits per heavy atom. The Kier molecular flexibility index (Phi) is 3350. The van der Waals surface area contributed by atoms with E-state index in [-0.39, 0.29) is 724 Å². The van der Waals surface area contributed by atoms with Crippen molar-refractivity contribution < 1.29 is 716 Å². The topological polar surface area (TPSA) is 0 Å². The van der Waals surface area contributed by atoms with E-state index in [1.807, 2.05) is 0 Å². The molecule has 0 amide bonds. The van der Waals surface area contributed by atoms with Gasteiger partial charge in [0, 0.05) is 716 Å². The second kappa shape index (κ2) is 333. The number of hydrogen-bond acceptors (Lipinski definition) is 0. The summed E-state index contributed by atoms with van der Waals surface area (Å²) in [6.45, 7) is 0. The van der Waals surface area contributed by atoms with E-state index in [2.05, 4.69) is 0 Å². The SMILES string of the molecule is [CH3-].[W].[W].[W].[W].[W].[W].[W].[W].[W].[W].[W].[W].[W].[W].[W].[W].[W].[W].[W].[W].[W].[W].[W].[W].[W].[W].[W].[W].[W].[W].[W].[W].[W].[W]. The number of rotatable bonds is 0. The summed E-state index contributed by atoms with van der Waals surface area (Å²) in [4.78, 5) is 0. The minimum atomic E-state index is 0. The fraction of sp³-hybridized carbons (Fsp3) is 0. The van der Waals surface area contributed by atoms with E-state index < -0.39 is 0 Å². The van der Waals surface area contributed by atoms with Crippen molar-refractivity contribution in [2.45, 2.75) is 0 Å². The zero-order valence-electron chi connectivity index (χ0n) is 14.9. The summed E-state index contributed by atoms with van der Waals surface area (Å²) in [7, 11) is 0. The second-order valence-corrected chi connectivity index (χ2v) is 0. The van der Waals surface area contributed by atoms with Gasteiger partial charge in [0.05, 0.1) is 0 Å². The molecule has 0 aromatic rings. The van der Waals surface area contributed by atoms with Crippen molar-refractivity contribution in [3.63, 3.8) is 0 Å². The van der Waals surface area contributed by atoms with Crippen LogP contribution in [0.15, 0.2) is 0 Å². The molecule has 0 spiro atoms. The van der Waals surface area contributed by atoms with Crippen molar-refractivity contribution in [3.05, 3.63) is 7.43 Å². The van der Waals surface area contributed by atoms with Gasteiger partial charge in [0.1, 0.15) is 0 Å². The summed E-state index contributed by atoms with van der Waals surface area (Å²) in [5.41, 5.74) is 0. The molecule has 0 saturated carbocycles. The first kappa shape index (κ1) is 351. The van der Waals surface area contributed by atoms with Crippen molar-refractivity contribution in [1.82, 2.24) is 0 Å². The Morgan fingerprint density at radius 3 is 0.0571 bits per heavy atom. The summed E-state index contributed by atoms with van der Waals surface area (Å²) >= 11 is 0. The molecule has 0 nitrogen and oxygen atoms in total. The molecule has 0 radical (unpaired) electrons. The minimum Gasteiger partial charge on any atom is -0.358 e. The predicted octanol–water partition coefficient (Wildman–Crippen LogP) is 0.365. The molecule has 34 heteroatoms. The molecule has 0 aliphatic heterocycles. The summed E-state index contributed by atoms with van der Waals surface area (Å²) in [6, 6.07) is 0. The zero-order chi connectivity index (χ0) is 0. The van der Waals surface area contributed by atoms with Crippen LogP contribution in [0.5, 0.6) is 0 Å². The second-order valence-electron chi connectivity index (χ2n) is 0. The Morgan fingerprint density at radius 2 is 0.0571 bits per heavy atom. The fourth-order valence-corrected chi connectivity index (χ4v) is 0. The van der Waals surface area contributed by atoms with Crippen molar-refractivity contribution in [1.29, 1.82) is 0 Å². The van der Waals surface area contributed by atoms with Gasteiger partial charge in [-0.1, -0.05) is 0 Å². The Bertz CT molecular complexity index is 6.55. The van der Waals surface area contributed by atoms with Gasteiger partial charge in [-0.3, -0.25) is 0 Å². The fourth-order valence-electron chi connectivity index (χ4n) is 0. The molecule has 0 rings (SSSR count). The first-order chi connectivity index (χ1) is 0. The van der Waals surface area contributed by atoms with Crippen molar-refractivity contribution in [3.8, 4) is 0 Å². The minimum absolute atomic E-state index is 0. The van der Waals surface area contributed by atoms with E-state index >= 15 is 0 Å². The van der Waals surface area contributed by atoms with Gasteiger partial charge in [-0.2, -0.15) is 0 Å². The molecule has 35 heavy (non-hydrogen) atoms. The van der Waals surface area contributed by atoms with E-state index in [1.165, 1.54) is 0 Å². The molecular formula is CH3W34-. The Hall–Kier alpha value is 23.4. The first-order valence-corrected chi connectivity index (χ1v) is 0. The van der Waals surface area contributed by atoms with Crippen molar-refractivity contribution >= 4 is 0 Å². The van der Waals surface area contributed by atoms with Gasteiger partial charge in [-0.25, -0.2) is 0 Å². The van der Waals surface area contributed by atoms with Gasteiger partial charge >= 0.3 is 0 Å². The smallest absolute Gasteiger partial charge is 0 e. The zero-order valence-corrected chi connectivity index (χ0v) is 115. The van der Waals surface area contributed by atoms with Crippen LogP contribution in [0.1, 0.15) is 0 Å². The van der Waals surface area contributed by atoms with Crippen LogP contribution in [-0.4, -0.2) is 0 Å². The molecule has 0 saturated heterocycles. The quantitative estimate of drug-likeness (QED) is 0.308. The van der Waals surface area contributed by atoms with Crippen molar-refractivity contribution in [2.24, 2.45) is 0 Å². The molecule has 0 fully saturated rings. The van der Waals surface area contributed by atoms with E-state index in [9.17, 15) is 0 Å². The average molecular weight is 6270 g/mol. The standard InChI is InChI=1S/CH3.34W/h1H3;;;;;;;;;;;;;;;;;;;;;;;;;;;;;;;;;;/q-1;;;;;;;;;;;;;;;;;;;;;;;;;;;;;;;;;;. The van der Waals surface area contributed by atoms with Crippen LogP contribution in [0, 0.1) is 7.43 Å². The molecule has 0 aromatic heterocycles. The molecular weight excluding hydrogens is 6260 g/mol. The van der Waals surface area contributed by atoms with Gasteiger partial charge in [0.15, 0.2) is 0 Å². The Balaban J connectivity index is 0. The summed E-state index contributed by atoms with van der Waals surface area (Å²) < 4.78 is 0. The third kappa shape index (κ3) is 322. The van der Waals surface area contributed by atoms with Crippen LogP contribution in [0.4, 0.5) is 0 Å². The largest absolute Gasteiger partial charge is 0.358 e. The molecule has 0 atom stereocenters. The maximum atomic E-state index is 0. The van der Waals surface area contributed by atoms with E-state index in [0.717, 1.165) is 0 Å². The molecule has 0 heterocycles. The predicted molar refractivity (Wildman–Crippen MR) is 6.41 cm³/mol. The maximum Gasteiger partial charge on any atom is 0 e. The van der Waals surface area contributed by atoms with Gasteiger partial charge in [0.2, 0.25) is 0 Å². The molecule has 212 valence electrons. The van der Waals surface area contributed by atoms with Crippen LogP contribution in [-0.2, 0) is 716 Å². The maximum absolute atomic E-state index is 0. The molecule has 0 unspecified atom stereocenters. The monoisotopic (exact) mass is 6270 g/mol. The van der Waals surface area contributed by atoms with E-state index in [4.69, 9.17) is 0 Å². The average Bonchev–Trinajstić information content (AvgIpc) is 0. The Labute approximate surface area is 702 Å². The van der Waals surface area contributed by atoms with Gasteiger partial charge in [-0.15, -0.1) is 0 Å². The van der Waals surface area contributed by atoms with E-state index in [0.29, 0.717) is 0 Å². The normalized spacial score (nSPS) is 0. The summed E-state index contributed by atoms with van der Waals surface area (Å²) in [6.07, 6.45) is 0. The number of hydrogen-bond donors (Lipinski definition) is 0. The molecule has 0 aliphatic carbocycles. The van der Waals surface area contributed by atoms with Crippen LogP contribution < -0.4 is 0 Å². The molecule has 0 aromatic carbocycles. The summed E-state index contributed by atoms with van der Waals surface area (Å²) in [5, 5.41) is 0. The van der Waals surface area contributed by atoms with Crippen LogP contribution in [0.25, 0.3) is 0 Å². The van der Waals surface area contributed by atoms with Gasteiger partial charge in [-0.05, 0) is 0 Å². The van der Waals surface area contributed by atoms with Crippen LogP contribution in [0.3, 0.4) is 0 Å². The third-order valence-electron chi connectivity index (χ3n) is 0. The molecule has 0 aliphatic rings. The summed E-state index contributed by atoms with van der Waals surface area (Å²) in [5.74, 6) is 0. The van der Waals surface area contributed by atoms with Crippen molar-refractivity contribution in [2.75, 3.05) is 0 Å². The molecule has 0 bridgehead atoms. The van der Waals surface area contributed by atoms with Crippen LogP contribution >= 0.6 is 0 Å².